The van der Waals surface area contributed by atoms with E-state index in [9.17, 15) is 0 Å². The summed E-state index contributed by atoms with van der Waals surface area (Å²) < 4.78 is 0. The van der Waals surface area contributed by atoms with E-state index in [2.05, 4.69) is 31.0 Å². The van der Waals surface area contributed by atoms with Gasteiger partial charge in [-0.05, 0) is 48.3 Å². The smallest absolute Gasteiger partial charge is 0.132 e. The molecule has 1 aliphatic carbocycles. The Morgan fingerprint density at radius 1 is 1.24 bits per heavy atom. The Hall–Kier alpha value is -2.39. The predicted octanol–water partition coefficient (Wildman–Crippen LogP) is 4.10. The first-order chi connectivity index (χ1) is 10.0. The summed E-state index contributed by atoms with van der Waals surface area (Å²) in [6.07, 6.45) is 9.42. The fraction of sp³-hybridized carbons (Fsp3) is 0.389. The van der Waals surface area contributed by atoms with E-state index >= 15 is 0 Å². The van der Waals surface area contributed by atoms with Gasteiger partial charge in [-0.15, -0.1) is 0 Å². The lowest BCUT2D eigenvalue weighted by Gasteiger charge is -2.31. The normalized spacial score (nSPS) is 16.6. The molecule has 21 heavy (non-hydrogen) atoms. The minimum atomic E-state index is 0.104. The van der Waals surface area contributed by atoms with E-state index in [0.717, 1.165) is 31.3 Å². The van der Waals surface area contributed by atoms with E-state index in [1.165, 1.54) is 11.1 Å². The fourth-order valence-corrected chi connectivity index (χ4v) is 2.88. The topological polar surface area (TPSA) is 60.5 Å². The van der Waals surface area contributed by atoms with Crippen LogP contribution in [0.1, 0.15) is 38.7 Å². The largest absolute Gasteiger partial charge is 0.264 e. The van der Waals surface area contributed by atoms with E-state index in [4.69, 9.17) is 10.5 Å². The van der Waals surface area contributed by atoms with Crippen molar-refractivity contribution >= 4 is 0 Å². The molecule has 106 valence electrons. The van der Waals surface area contributed by atoms with Crippen LogP contribution in [-0.2, 0) is 6.42 Å². The van der Waals surface area contributed by atoms with Crippen LogP contribution >= 0.6 is 0 Å². The molecule has 0 bridgehead atoms. The number of hydrogen-bond acceptors (Lipinski definition) is 3. The van der Waals surface area contributed by atoms with Crippen LogP contribution in [-0.4, -0.2) is 4.98 Å². The van der Waals surface area contributed by atoms with Crippen molar-refractivity contribution in [3.8, 4) is 12.1 Å². The summed E-state index contributed by atoms with van der Waals surface area (Å²) in [6, 6.07) is 8.06. The lowest BCUT2D eigenvalue weighted by atomic mass is 9.73. The molecule has 0 saturated carbocycles. The molecule has 1 aliphatic rings. The molecule has 1 aromatic rings. The molecule has 0 radical (unpaired) electrons. The Balaban J connectivity index is 2.20. The van der Waals surface area contributed by atoms with Gasteiger partial charge in [-0.1, -0.05) is 31.6 Å². The summed E-state index contributed by atoms with van der Waals surface area (Å²) in [4.78, 5) is 4.13. The van der Waals surface area contributed by atoms with Crippen molar-refractivity contribution in [3.63, 3.8) is 0 Å². The monoisotopic (exact) mass is 277 g/mol. The second-order valence-corrected chi connectivity index (χ2v) is 6.31. The molecule has 2 rings (SSSR count). The fourth-order valence-electron chi connectivity index (χ4n) is 2.88. The molecule has 0 spiro atoms. The van der Waals surface area contributed by atoms with Gasteiger partial charge in [0.05, 0.1) is 0 Å². The van der Waals surface area contributed by atoms with Crippen LogP contribution in [0, 0.1) is 28.1 Å². The Kier molecular flexibility index (Phi) is 4.55. The van der Waals surface area contributed by atoms with E-state index in [-0.39, 0.29) is 11.0 Å². The van der Waals surface area contributed by atoms with Gasteiger partial charge in [0.1, 0.15) is 17.7 Å². The number of pyridine rings is 1. The zero-order valence-corrected chi connectivity index (χ0v) is 12.6. The van der Waals surface area contributed by atoms with E-state index in [1.807, 2.05) is 24.4 Å². The average Bonchev–Trinajstić information content (AvgIpc) is 2.46. The minimum Gasteiger partial charge on any atom is -0.264 e. The maximum absolute atomic E-state index is 9.07. The van der Waals surface area contributed by atoms with E-state index in [0.29, 0.717) is 0 Å². The van der Waals surface area contributed by atoms with Gasteiger partial charge in [0.15, 0.2) is 0 Å². The Morgan fingerprint density at radius 2 is 2.00 bits per heavy atom. The van der Waals surface area contributed by atoms with Crippen molar-refractivity contribution in [2.24, 2.45) is 5.41 Å². The predicted molar refractivity (Wildman–Crippen MR) is 81.9 cm³/mol. The molecule has 0 saturated heterocycles. The highest BCUT2D eigenvalue weighted by Gasteiger charge is 2.27. The van der Waals surface area contributed by atoms with Gasteiger partial charge >= 0.3 is 0 Å². The lowest BCUT2D eigenvalue weighted by molar-refractivity contribution is 0.346. The van der Waals surface area contributed by atoms with Crippen LogP contribution in [0.15, 0.2) is 47.3 Å². The number of aryl methyl sites for hydroxylation is 1. The molecule has 0 aliphatic heterocycles. The van der Waals surface area contributed by atoms with Crippen LogP contribution in [0.4, 0.5) is 0 Å². The molecule has 0 amide bonds. The molecule has 0 aromatic carbocycles. The van der Waals surface area contributed by atoms with Gasteiger partial charge in [-0.2, -0.15) is 10.5 Å². The first kappa shape index (κ1) is 15.0. The molecule has 0 atom stereocenters. The summed E-state index contributed by atoms with van der Waals surface area (Å²) in [5.41, 5.74) is 3.77. The van der Waals surface area contributed by atoms with Crippen LogP contribution in [0.5, 0.6) is 0 Å². The van der Waals surface area contributed by atoms with Gasteiger partial charge in [-0.3, -0.25) is 4.98 Å². The molecule has 1 aromatic heterocycles. The van der Waals surface area contributed by atoms with Gasteiger partial charge in [0.25, 0.3) is 0 Å². The third kappa shape index (κ3) is 4.04. The van der Waals surface area contributed by atoms with Crippen molar-refractivity contribution in [1.82, 2.24) is 4.98 Å². The summed E-state index contributed by atoms with van der Waals surface area (Å²) >= 11 is 0. The molecule has 0 fully saturated rings. The Labute approximate surface area is 126 Å². The highest BCUT2D eigenvalue weighted by Crippen LogP contribution is 2.40. The maximum atomic E-state index is 9.07. The lowest BCUT2D eigenvalue weighted by Crippen LogP contribution is -2.18. The summed E-state index contributed by atoms with van der Waals surface area (Å²) in [6.45, 7) is 4.38. The van der Waals surface area contributed by atoms with Gasteiger partial charge in [0.2, 0.25) is 0 Å². The summed E-state index contributed by atoms with van der Waals surface area (Å²) in [7, 11) is 0. The highest BCUT2D eigenvalue weighted by molar-refractivity contribution is 5.47. The molecule has 1 heterocycles. The van der Waals surface area contributed by atoms with Gasteiger partial charge in [-0.25, -0.2) is 0 Å². The molecule has 3 nitrogen and oxygen atoms in total. The highest BCUT2D eigenvalue weighted by atomic mass is 14.6. The third-order valence-electron chi connectivity index (χ3n) is 3.76. The number of aromatic nitrogens is 1. The number of hydrogen-bond donors (Lipinski definition) is 0. The quantitative estimate of drug-likeness (QED) is 0.781. The molecular weight excluding hydrogens is 258 g/mol. The number of nitriles is 2. The minimum absolute atomic E-state index is 0.104. The van der Waals surface area contributed by atoms with Crippen molar-refractivity contribution in [3.05, 3.63) is 52.9 Å². The molecule has 3 heteroatoms. The average molecular weight is 277 g/mol. The number of rotatable bonds is 3. The van der Waals surface area contributed by atoms with Crippen molar-refractivity contribution < 1.29 is 0 Å². The second kappa shape index (κ2) is 6.37. The first-order valence-electron chi connectivity index (χ1n) is 7.16. The van der Waals surface area contributed by atoms with Crippen LogP contribution < -0.4 is 0 Å². The van der Waals surface area contributed by atoms with Crippen molar-refractivity contribution in [1.29, 1.82) is 10.5 Å². The first-order valence-corrected chi connectivity index (χ1v) is 7.16. The zero-order valence-electron chi connectivity index (χ0n) is 12.6. The molecule has 0 N–H and O–H groups in total. The molecule has 0 unspecified atom stereocenters. The van der Waals surface area contributed by atoms with Crippen LogP contribution in [0.2, 0.25) is 0 Å². The van der Waals surface area contributed by atoms with E-state index in [1.54, 1.807) is 6.20 Å². The maximum Gasteiger partial charge on any atom is 0.132 e. The summed E-state index contributed by atoms with van der Waals surface area (Å²) in [5, 5.41) is 18.1. The Bertz CT molecular complexity index is 636. The van der Waals surface area contributed by atoms with Gasteiger partial charge in [0, 0.05) is 12.4 Å². The number of nitrogens with zero attached hydrogens (tertiary/aromatic N) is 3. The standard InChI is InChI=1S/C18H19N3/c1-18(2)9-15(6-5-14-4-3-7-21-13-14)8-16(10-18)17(11-19)12-20/h3-4,7-8,13H,5-6,9-10H2,1-2H3. The van der Waals surface area contributed by atoms with Crippen molar-refractivity contribution in [2.75, 3.05) is 0 Å². The van der Waals surface area contributed by atoms with Crippen LogP contribution in [0.3, 0.4) is 0 Å². The van der Waals surface area contributed by atoms with Gasteiger partial charge < -0.3 is 0 Å². The molecular formula is C18H19N3. The van der Waals surface area contributed by atoms with Crippen molar-refractivity contribution in [2.45, 2.75) is 39.5 Å². The van der Waals surface area contributed by atoms with Crippen LogP contribution in [0.25, 0.3) is 0 Å². The SMILES string of the molecule is CC1(C)CC(CCc2cccnc2)=CC(=C(C#N)C#N)C1. The second-order valence-electron chi connectivity index (χ2n) is 6.31. The summed E-state index contributed by atoms with van der Waals surface area (Å²) in [5.74, 6) is 0. The number of allylic oxidation sites excluding steroid dienone is 4. The third-order valence-corrected chi connectivity index (χ3v) is 3.76. The van der Waals surface area contributed by atoms with E-state index < -0.39 is 0 Å². The Morgan fingerprint density at radius 3 is 2.62 bits per heavy atom. The zero-order chi connectivity index (χ0) is 15.3.